The van der Waals surface area contributed by atoms with Crippen molar-refractivity contribution in [2.75, 3.05) is 6.54 Å². The second-order valence-electron chi connectivity index (χ2n) is 4.04. The van der Waals surface area contributed by atoms with Gasteiger partial charge in [0.15, 0.2) is 0 Å². The molecule has 8 heteroatoms. The molecule has 1 heterocycles. The number of rotatable bonds is 6. The molecule has 0 aliphatic rings. The maximum atomic E-state index is 12.0. The third-order valence-electron chi connectivity index (χ3n) is 3.12. The number of nitro groups is 1. The first kappa shape index (κ1) is 17.8. The number of carbonyl (C=O) groups excluding carboxylic acids is 1. The van der Waals surface area contributed by atoms with Crippen LogP contribution in [-0.2, 0) is 0 Å². The van der Waals surface area contributed by atoms with Crippen molar-refractivity contribution in [1.82, 2.24) is 5.32 Å². The third-order valence-corrected chi connectivity index (χ3v) is 4.15. The molecule has 1 rings (SSSR count). The Morgan fingerprint density at radius 3 is 2.42 bits per heavy atom. The lowest BCUT2D eigenvalue weighted by atomic mass is 9.93. The van der Waals surface area contributed by atoms with Gasteiger partial charge in [0.25, 0.3) is 5.91 Å². The van der Waals surface area contributed by atoms with Gasteiger partial charge < -0.3 is 11.1 Å². The molecule has 6 nitrogen and oxygen atoms in total. The number of amides is 1. The first-order valence-electron chi connectivity index (χ1n) is 5.74. The zero-order valence-electron chi connectivity index (χ0n) is 10.8. The molecule has 0 fully saturated rings. The fourth-order valence-corrected chi connectivity index (χ4v) is 2.33. The summed E-state index contributed by atoms with van der Waals surface area (Å²) in [6.07, 6.45) is 1.44. The molecule has 1 aromatic rings. The lowest BCUT2D eigenvalue weighted by molar-refractivity contribution is -0.380. The summed E-state index contributed by atoms with van der Waals surface area (Å²) < 4.78 is 0. The summed E-state index contributed by atoms with van der Waals surface area (Å²) in [6.45, 7) is 4.25. The van der Waals surface area contributed by atoms with Crippen LogP contribution in [0.5, 0.6) is 0 Å². The Kier molecular flexibility index (Phi) is 6.96. The molecule has 0 aromatic carbocycles. The summed E-state index contributed by atoms with van der Waals surface area (Å²) in [6, 6.07) is 2.80. The molecule has 0 bridgehead atoms. The van der Waals surface area contributed by atoms with Crippen molar-refractivity contribution in [3.63, 3.8) is 0 Å². The molecule has 0 saturated carbocycles. The van der Waals surface area contributed by atoms with Crippen molar-refractivity contribution in [2.24, 2.45) is 5.73 Å². The maximum Gasteiger partial charge on any atom is 0.324 e. The normalized spacial score (nSPS) is 10.7. The summed E-state index contributed by atoms with van der Waals surface area (Å²) in [5.41, 5.74) is 5.25. The highest BCUT2D eigenvalue weighted by molar-refractivity contribution is 7.17. The summed E-state index contributed by atoms with van der Waals surface area (Å²) in [5, 5.41) is 13.4. The fourth-order valence-electron chi connectivity index (χ4n) is 1.62. The molecular weight excluding hydrogens is 290 g/mol. The number of carbonyl (C=O) groups is 1. The van der Waals surface area contributed by atoms with Gasteiger partial charge in [-0.15, -0.1) is 12.4 Å². The molecule has 0 aliphatic carbocycles. The van der Waals surface area contributed by atoms with Crippen molar-refractivity contribution in [3.8, 4) is 0 Å². The Morgan fingerprint density at radius 2 is 2.05 bits per heavy atom. The number of nitrogens with two attached hydrogens (primary N) is 1. The van der Waals surface area contributed by atoms with E-state index >= 15 is 0 Å². The van der Waals surface area contributed by atoms with Gasteiger partial charge in [-0.05, 0) is 18.9 Å². The SMILES string of the molecule is CCC(CC)(CN)NC(=O)c1ccc([N+](=O)[O-])s1.Cl. The van der Waals surface area contributed by atoms with E-state index in [1.165, 1.54) is 12.1 Å². The van der Waals surface area contributed by atoms with Crippen LogP contribution in [-0.4, -0.2) is 22.9 Å². The average Bonchev–Trinajstić information content (AvgIpc) is 2.86. The Labute approximate surface area is 121 Å². The Morgan fingerprint density at radius 1 is 1.47 bits per heavy atom. The molecule has 19 heavy (non-hydrogen) atoms. The van der Waals surface area contributed by atoms with E-state index in [9.17, 15) is 14.9 Å². The molecule has 1 aromatic heterocycles. The highest BCUT2D eigenvalue weighted by Crippen LogP contribution is 2.24. The van der Waals surface area contributed by atoms with Crippen LogP contribution in [0.25, 0.3) is 0 Å². The average molecular weight is 308 g/mol. The van der Waals surface area contributed by atoms with Gasteiger partial charge in [-0.25, -0.2) is 0 Å². The van der Waals surface area contributed by atoms with Crippen molar-refractivity contribution in [1.29, 1.82) is 0 Å². The van der Waals surface area contributed by atoms with Gasteiger partial charge in [0, 0.05) is 12.6 Å². The standard InChI is InChI=1S/C11H17N3O3S.ClH/c1-3-11(4-2,7-12)13-10(15)8-5-6-9(18-8)14(16)17;/h5-6H,3-4,7,12H2,1-2H3,(H,13,15);1H. The Balaban J connectivity index is 0.00000324. The number of thiophene rings is 1. The quantitative estimate of drug-likeness (QED) is 0.622. The van der Waals surface area contributed by atoms with Crippen LogP contribution in [0.15, 0.2) is 12.1 Å². The summed E-state index contributed by atoms with van der Waals surface area (Å²) in [4.78, 5) is 22.4. The smallest absolute Gasteiger partial charge is 0.324 e. The number of nitrogens with one attached hydrogen (secondary N) is 1. The first-order chi connectivity index (χ1) is 8.48. The van der Waals surface area contributed by atoms with Gasteiger partial charge in [0.1, 0.15) is 0 Å². The molecule has 3 N–H and O–H groups in total. The monoisotopic (exact) mass is 307 g/mol. The Hall–Kier alpha value is -1.18. The van der Waals surface area contributed by atoms with E-state index in [-0.39, 0.29) is 23.3 Å². The maximum absolute atomic E-state index is 12.0. The molecule has 0 unspecified atom stereocenters. The molecule has 0 aliphatic heterocycles. The summed E-state index contributed by atoms with van der Waals surface area (Å²) in [5.74, 6) is -0.303. The van der Waals surface area contributed by atoms with Crippen LogP contribution in [0.2, 0.25) is 0 Å². The highest BCUT2D eigenvalue weighted by Gasteiger charge is 2.27. The van der Waals surface area contributed by atoms with Crippen LogP contribution < -0.4 is 11.1 Å². The largest absolute Gasteiger partial charge is 0.345 e. The minimum absolute atomic E-state index is 0. The minimum Gasteiger partial charge on any atom is -0.345 e. The van der Waals surface area contributed by atoms with Crippen molar-refractivity contribution >= 4 is 34.7 Å². The minimum atomic E-state index is -0.503. The molecule has 0 spiro atoms. The van der Waals surface area contributed by atoms with Crippen LogP contribution in [0, 0.1) is 10.1 Å². The summed E-state index contributed by atoms with van der Waals surface area (Å²) >= 11 is 0.869. The van der Waals surface area contributed by atoms with E-state index in [0.717, 1.165) is 24.2 Å². The molecule has 0 radical (unpaired) electrons. The van der Waals surface area contributed by atoms with Crippen LogP contribution in [0.4, 0.5) is 5.00 Å². The molecule has 0 atom stereocenters. The van der Waals surface area contributed by atoms with E-state index in [4.69, 9.17) is 5.73 Å². The van der Waals surface area contributed by atoms with Gasteiger partial charge >= 0.3 is 5.00 Å². The first-order valence-corrected chi connectivity index (χ1v) is 6.56. The van der Waals surface area contributed by atoms with Crippen molar-refractivity contribution in [3.05, 3.63) is 27.1 Å². The predicted molar refractivity (Wildman–Crippen MR) is 78.1 cm³/mol. The number of nitrogens with zero attached hydrogens (tertiary/aromatic N) is 1. The zero-order chi connectivity index (χ0) is 13.8. The van der Waals surface area contributed by atoms with E-state index in [0.29, 0.717) is 11.4 Å². The van der Waals surface area contributed by atoms with Gasteiger partial charge in [0.05, 0.1) is 15.3 Å². The summed E-state index contributed by atoms with van der Waals surface area (Å²) in [7, 11) is 0. The number of halogens is 1. The lowest BCUT2D eigenvalue weighted by Gasteiger charge is -2.31. The topological polar surface area (TPSA) is 98.3 Å². The zero-order valence-corrected chi connectivity index (χ0v) is 12.5. The molecule has 108 valence electrons. The third kappa shape index (κ3) is 4.15. The molecule has 1 amide bonds. The second-order valence-corrected chi connectivity index (χ2v) is 5.10. The van der Waals surface area contributed by atoms with Gasteiger partial charge in [-0.2, -0.15) is 0 Å². The van der Waals surface area contributed by atoms with Gasteiger partial charge in [-0.1, -0.05) is 25.2 Å². The van der Waals surface area contributed by atoms with Gasteiger partial charge in [0.2, 0.25) is 0 Å². The fraction of sp³-hybridized carbons (Fsp3) is 0.545. The second kappa shape index (κ2) is 7.42. The number of hydrogen-bond donors (Lipinski definition) is 2. The molecule has 0 saturated heterocycles. The van der Waals surface area contributed by atoms with Crippen LogP contribution in [0.1, 0.15) is 36.4 Å². The van der Waals surface area contributed by atoms with E-state index in [2.05, 4.69) is 5.32 Å². The predicted octanol–water partition coefficient (Wildman–Crippen LogP) is 2.33. The van der Waals surface area contributed by atoms with E-state index in [1.54, 1.807) is 0 Å². The van der Waals surface area contributed by atoms with Crippen molar-refractivity contribution < 1.29 is 9.72 Å². The van der Waals surface area contributed by atoms with E-state index < -0.39 is 10.5 Å². The van der Waals surface area contributed by atoms with Crippen LogP contribution >= 0.6 is 23.7 Å². The van der Waals surface area contributed by atoms with Crippen molar-refractivity contribution in [2.45, 2.75) is 32.2 Å². The lowest BCUT2D eigenvalue weighted by Crippen LogP contribution is -2.52. The van der Waals surface area contributed by atoms with E-state index in [1.807, 2.05) is 13.8 Å². The highest BCUT2D eigenvalue weighted by atomic mass is 35.5. The Bertz CT molecular complexity index is 438. The molecular formula is C11H18ClN3O3S. The van der Waals surface area contributed by atoms with Crippen LogP contribution in [0.3, 0.4) is 0 Å². The number of hydrogen-bond acceptors (Lipinski definition) is 5. The van der Waals surface area contributed by atoms with Gasteiger partial charge in [-0.3, -0.25) is 14.9 Å².